The minimum atomic E-state index is -0.265. The minimum absolute atomic E-state index is 0.0771. The lowest BCUT2D eigenvalue weighted by molar-refractivity contribution is -0.118. The summed E-state index contributed by atoms with van der Waals surface area (Å²) in [5, 5.41) is 1.46. The van der Waals surface area contributed by atoms with Crippen LogP contribution in [0.3, 0.4) is 0 Å². The third kappa shape index (κ3) is 4.56. The van der Waals surface area contributed by atoms with E-state index in [1.54, 1.807) is 16.7 Å². The first-order chi connectivity index (χ1) is 12.6. The van der Waals surface area contributed by atoms with E-state index in [0.717, 1.165) is 46.7 Å². The molecule has 1 amide bonds. The topological polar surface area (TPSA) is 29.5 Å². The molecule has 2 aromatic rings. The zero-order valence-electron chi connectivity index (χ0n) is 14.6. The Hall–Kier alpha value is -1.17. The van der Waals surface area contributed by atoms with Gasteiger partial charge in [-0.2, -0.15) is 0 Å². The highest BCUT2D eigenvalue weighted by atomic mass is 79.9. The van der Waals surface area contributed by atoms with E-state index < -0.39 is 0 Å². The van der Waals surface area contributed by atoms with Crippen LogP contribution in [0.15, 0.2) is 47.4 Å². The fourth-order valence-corrected chi connectivity index (χ4v) is 4.80. The Kier molecular flexibility index (Phi) is 6.90. The Morgan fingerprint density at radius 2 is 1.92 bits per heavy atom. The third-order valence-electron chi connectivity index (χ3n) is 4.31. The molecule has 0 bridgehead atoms. The third-order valence-corrected chi connectivity index (χ3v) is 6.40. The van der Waals surface area contributed by atoms with Crippen molar-refractivity contribution in [2.75, 3.05) is 23.9 Å². The van der Waals surface area contributed by atoms with E-state index in [9.17, 15) is 4.79 Å². The molecule has 3 nitrogen and oxygen atoms in total. The fraction of sp³-hybridized carbons (Fsp3) is 0.350. The number of anilines is 1. The number of rotatable bonds is 7. The van der Waals surface area contributed by atoms with Crippen molar-refractivity contribution >= 4 is 50.9 Å². The molecule has 1 heterocycles. The summed E-state index contributed by atoms with van der Waals surface area (Å²) in [6.45, 7) is 0.720. The Labute approximate surface area is 172 Å². The summed E-state index contributed by atoms with van der Waals surface area (Å²) in [6.07, 6.45) is 3.37. The molecule has 1 aliphatic heterocycles. The van der Waals surface area contributed by atoms with Crippen LogP contribution in [0.1, 0.15) is 30.1 Å². The van der Waals surface area contributed by atoms with Gasteiger partial charge in [0.15, 0.2) is 0 Å². The molecule has 0 spiro atoms. The molecule has 0 fully saturated rings. The molecule has 3 rings (SSSR count). The summed E-state index contributed by atoms with van der Waals surface area (Å²) in [5.74, 6) is 0.922. The van der Waals surface area contributed by atoms with Crippen molar-refractivity contribution in [3.63, 3.8) is 0 Å². The Morgan fingerprint density at radius 3 is 2.65 bits per heavy atom. The van der Waals surface area contributed by atoms with Gasteiger partial charge in [-0.05, 0) is 55.2 Å². The second-order valence-electron chi connectivity index (χ2n) is 6.17. The van der Waals surface area contributed by atoms with E-state index in [2.05, 4.69) is 15.9 Å². The van der Waals surface area contributed by atoms with Gasteiger partial charge >= 0.3 is 0 Å². The normalized spacial score (nSPS) is 16.5. The maximum atomic E-state index is 12.8. The van der Waals surface area contributed by atoms with Crippen molar-refractivity contribution in [2.45, 2.75) is 29.4 Å². The van der Waals surface area contributed by atoms with Crippen molar-refractivity contribution in [2.24, 2.45) is 0 Å². The standard InChI is InChI=1S/C20H21BrClNO2S/c1-23-17-10-7-15(22)13-18(17)26-19(20(23)24)14-5-8-16(9-6-14)25-12-4-2-3-11-21/h5-10,13,19H,2-4,11-12H2,1H3. The first kappa shape index (κ1) is 19.6. The van der Waals surface area contributed by atoms with E-state index in [-0.39, 0.29) is 11.2 Å². The SMILES string of the molecule is CN1C(=O)C(c2ccc(OCCCCCBr)cc2)Sc2cc(Cl)ccc21. The van der Waals surface area contributed by atoms with Gasteiger partial charge in [-0.3, -0.25) is 4.79 Å². The molecular weight excluding hydrogens is 434 g/mol. The van der Waals surface area contributed by atoms with Crippen molar-refractivity contribution in [3.05, 3.63) is 53.1 Å². The number of thioether (sulfide) groups is 1. The zero-order valence-corrected chi connectivity index (χ0v) is 17.7. The van der Waals surface area contributed by atoms with Crippen molar-refractivity contribution in [1.82, 2.24) is 0 Å². The molecule has 1 aliphatic rings. The van der Waals surface area contributed by atoms with E-state index in [1.807, 2.05) is 49.5 Å². The molecular formula is C20H21BrClNO2S. The van der Waals surface area contributed by atoms with Crippen LogP contribution < -0.4 is 9.64 Å². The molecule has 0 saturated carbocycles. The van der Waals surface area contributed by atoms with Gasteiger partial charge in [0.05, 0.1) is 12.3 Å². The van der Waals surface area contributed by atoms with Crippen LogP contribution >= 0.6 is 39.3 Å². The number of carbonyl (C=O) groups excluding carboxylic acids is 1. The molecule has 1 unspecified atom stereocenters. The number of hydrogen-bond donors (Lipinski definition) is 0. The lowest BCUT2D eigenvalue weighted by atomic mass is 10.1. The first-order valence-electron chi connectivity index (χ1n) is 8.62. The van der Waals surface area contributed by atoms with Crippen molar-refractivity contribution in [1.29, 1.82) is 0 Å². The first-order valence-corrected chi connectivity index (χ1v) is 11.0. The van der Waals surface area contributed by atoms with Crippen molar-refractivity contribution < 1.29 is 9.53 Å². The van der Waals surface area contributed by atoms with Gasteiger partial charge in [0.2, 0.25) is 5.91 Å². The maximum Gasteiger partial charge on any atom is 0.244 e. The van der Waals surface area contributed by atoms with Gasteiger partial charge < -0.3 is 9.64 Å². The van der Waals surface area contributed by atoms with Crippen LogP contribution in [0.5, 0.6) is 5.75 Å². The number of halogens is 2. The highest BCUT2D eigenvalue weighted by Crippen LogP contribution is 2.46. The number of benzene rings is 2. The summed E-state index contributed by atoms with van der Waals surface area (Å²) in [4.78, 5) is 15.5. The molecule has 26 heavy (non-hydrogen) atoms. The number of hydrogen-bond acceptors (Lipinski definition) is 3. The summed E-state index contributed by atoms with van der Waals surface area (Å²) < 4.78 is 5.78. The number of unbranched alkanes of at least 4 members (excludes halogenated alkanes) is 2. The summed E-state index contributed by atoms with van der Waals surface area (Å²) in [7, 11) is 1.81. The van der Waals surface area contributed by atoms with Gasteiger partial charge in [-0.1, -0.05) is 39.7 Å². The molecule has 0 aromatic heterocycles. The number of likely N-dealkylation sites (N-methyl/N-ethyl adjacent to an activating group) is 1. The summed E-state index contributed by atoms with van der Waals surface area (Å²) >= 11 is 11.1. The van der Waals surface area contributed by atoms with Crippen LogP contribution in [0.25, 0.3) is 0 Å². The zero-order chi connectivity index (χ0) is 18.5. The molecule has 1 atom stereocenters. The van der Waals surface area contributed by atoms with Gasteiger partial charge in [0, 0.05) is 22.3 Å². The Morgan fingerprint density at radius 1 is 1.15 bits per heavy atom. The summed E-state index contributed by atoms with van der Waals surface area (Å²) in [6, 6.07) is 13.5. The predicted octanol–water partition coefficient (Wildman–Crippen LogP) is 6.09. The average molecular weight is 455 g/mol. The highest BCUT2D eigenvalue weighted by Gasteiger charge is 2.32. The van der Waals surface area contributed by atoms with Crippen molar-refractivity contribution in [3.8, 4) is 5.75 Å². The van der Waals surface area contributed by atoms with Crippen LogP contribution in [0.4, 0.5) is 5.69 Å². The molecule has 0 saturated heterocycles. The number of fused-ring (bicyclic) bond motifs is 1. The molecule has 6 heteroatoms. The second-order valence-corrected chi connectivity index (χ2v) is 8.55. The number of carbonyl (C=O) groups is 1. The van der Waals surface area contributed by atoms with Gasteiger partial charge in [0.1, 0.15) is 11.0 Å². The lowest BCUT2D eigenvalue weighted by Gasteiger charge is -2.31. The molecule has 0 radical (unpaired) electrons. The molecule has 0 N–H and O–H groups in total. The van der Waals surface area contributed by atoms with Gasteiger partial charge in [-0.25, -0.2) is 0 Å². The van der Waals surface area contributed by atoms with Crippen LogP contribution in [0.2, 0.25) is 5.02 Å². The molecule has 138 valence electrons. The average Bonchev–Trinajstić information content (AvgIpc) is 2.65. The molecule has 2 aromatic carbocycles. The number of ether oxygens (including phenoxy) is 1. The monoisotopic (exact) mass is 453 g/mol. The van der Waals surface area contributed by atoms with Gasteiger partial charge in [-0.15, -0.1) is 11.8 Å². The fourth-order valence-electron chi connectivity index (χ4n) is 2.84. The highest BCUT2D eigenvalue weighted by molar-refractivity contribution is 9.09. The number of alkyl halides is 1. The van der Waals surface area contributed by atoms with E-state index in [0.29, 0.717) is 5.02 Å². The van der Waals surface area contributed by atoms with Crippen LogP contribution in [-0.2, 0) is 4.79 Å². The van der Waals surface area contributed by atoms with E-state index in [4.69, 9.17) is 16.3 Å². The van der Waals surface area contributed by atoms with E-state index in [1.165, 1.54) is 6.42 Å². The smallest absolute Gasteiger partial charge is 0.244 e. The summed E-state index contributed by atoms with van der Waals surface area (Å²) in [5.41, 5.74) is 1.88. The Bertz CT molecular complexity index is 769. The number of nitrogens with zero attached hydrogens (tertiary/aromatic N) is 1. The quantitative estimate of drug-likeness (QED) is 0.374. The van der Waals surface area contributed by atoms with Crippen LogP contribution in [0, 0.1) is 0 Å². The van der Waals surface area contributed by atoms with Gasteiger partial charge in [0.25, 0.3) is 0 Å². The Balaban J connectivity index is 1.68. The van der Waals surface area contributed by atoms with E-state index >= 15 is 0 Å². The second kappa shape index (κ2) is 9.16. The predicted molar refractivity (Wildman–Crippen MR) is 113 cm³/mol. The number of amides is 1. The minimum Gasteiger partial charge on any atom is -0.494 e. The maximum absolute atomic E-state index is 12.8. The van der Waals surface area contributed by atoms with Crippen LogP contribution in [-0.4, -0.2) is 24.9 Å². The lowest BCUT2D eigenvalue weighted by Crippen LogP contribution is -2.33. The molecule has 0 aliphatic carbocycles. The largest absolute Gasteiger partial charge is 0.494 e.